The highest BCUT2D eigenvalue weighted by atomic mass is 32.1. The van der Waals surface area contributed by atoms with Crippen molar-refractivity contribution in [2.24, 2.45) is 16.5 Å². The van der Waals surface area contributed by atoms with Crippen LogP contribution in [0, 0.1) is 0 Å². The Morgan fingerprint density at radius 1 is 0.811 bits per heavy atom. The maximum atomic E-state index is 11.7. The second-order valence-corrected chi connectivity index (χ2v) is 8.37. The molecule has 0 aromatic heterocycles. The molecule has 0 bridgehead atoms. The van der Waals surface area contributed by atoms with Gasteiger partial charge in [-0.1, -0.05) is 12.1 Å². The summed E-state index contributed by atoms with van der Waals surface area (Å²) in [6, 6.07) is 6.12. The van der Waals surface area contributed by atoms with Gasteiger partial charge in [-0.3, -0.25) is 38.7 Å². The van der Waals surface area contributed by atoms with Crippen molar-refractivity contribution in [2.75, 3.05) is 52.4 Å². The van der Waals surface area contributed by atoms with Crippen LogP contribution in [-0.2, 0) is 30.4 Å². The van der Waals surface area contributed by atoms with E-state index in [0.29, 0.717) is 5.69 Å². The molecular weight excluding hydrogens is 508 g/mol. The lowest BCUT2D eigenvalue weighted by molar-refractivity contribution is -0.141. The quantitative estimate of drug-likeness (QED) is 0.0999. The van der Waals surface area contributed by atoms with Gasteiger partial charge in [0.05, 0.1) is 43.6 Å². The molecule has 1 aromatic carbocycles. The Labute approximate surface area is 218 Å². The third kappa shape index (κ3) is 13.8. The van der Waals surface area contributed by atoms with Crippen molar-refractivity contribution < 1.29 is 39.3 Å². The van der Waals surface area contributed by atoms with E-state index in [1.807, 2.05) is 0 Å². The molecule has 14 nitrogen and oxygen atoms in total. The molecule has 0 heterocycles. The number of hydrogen-bond acceptors (Lipinski definition) is 10. The number of hydrogen-bond donors (Lipinski definition) is 5. The van der Waals surface area contributed by atoms with Gasteiger partial charge in [-0.25, -0.2) is 0 Å². The largest absolute Gasteiger partial charge is 0.480 e. The van der Waals surface area contributed by atoms with E-state index in [4.69, 9.17) is 16.6 Å². The molecule has 1 unspecified atom stereocenters. The number of amides is 2. The van der Waals surface area contributed by atoms with Crippen LogP contribution in [0.1, 0.15) is 5.56 Å². The fraction of sp³-hybridized carbons (Fsp3) is 0.455. The predicted molar refractivity (Wildman–Crippen MR) is 134 cm³/mol. The van der Waals surface area contributed by atoms with Gasteiger partial charge in [0.15, 0.2) is 0 Å². The predicted octanol–water partition coefficient (Wildman–Crippen LogP) is -1.54. The van der Waals surface area contributed by atoms with Crippen LogP contribution >= 0.6 is 12.2 Å². The first-order valence-electron chi connectivity index (χ1n) is 11.0. The number of primary amides is 2. The summed E-state index contributed by atoms with van der Waals surface area (Å²) in [6.45, 7) is -2.22. The highest BCUT2D eigenvalue weighted by Crippen LogP contribution is 2.16. The number of aliphatic carboxylic acids is 3. The molecule has 0 saturated heterocycles. The third-order valence-corrected chi connectivity index (χ3v) is 5.19. The van der Waals surface area contributed by atoms with Crippen molar-refractivity contribution in [2.45, 2.75) is 12.5 Å². The van der Waals surface area contributed by atoms with Crippen molar-refractivity contribution in [3.8, 4) is 0 Å². The van der Waals surface area contributed by atoms with Gasteiger partial charge in [-0.15, -0.1) is 0 Å². The molecule has 2 amide bonds. The number of nitrogens with two attached hydrogens (primary N) is 2. The normalized spacial score (nSPS) is 11.8. The van der Waals surface area contributed by atoms with Crippen LogP contribution in [0.4, 0.5) is 5.69 Å². The summed E-state index contributed by atoms with van der Waals surface area (Å²) in [5.74, 6) is -5.11. The number of nitrogens with zero attached hydrogens (tertiary/aromatic N) is 4. The van der Waals surface area contributed by atoms with Gasteiger partial charge in [-0.2, -0.15) is 4.99 Å². The van der Waals surface area contributed by atoms with Crippen LogP contribution < -0.4 is 11.5 Å². The highest BCUT2D eigenvalue weighted by molar-refractivity contribution is 7.78. The first-order valence-corrected chi connectivity index (χ1v) is 11.4. The number of rotatable bonds is 19. The monoisotopic (exact) mass is 538 g/mol. The van der Waals surface area contributed by atoms with E-state index in [0.717, 1.165) is 5.56 Å². The number of thiocarbonyl (C=S) groups is 1. The van der Waals surface area contributed by atoms with Gasteiger partial charge in [-0.05, 0) is 36.3 Å². The van der Waals surface area contributed by atoms with E-state index in [1.54, 1.807) is 24.3 Å². The molecule has 15 heteroatoms. The minimum absolute atomic E-state index is 0.00569. The topological polar surface area (TPSA) is 220 Å². The number of benzene rings is 1. The highest BCUT2D eigenvalue weighted by Gasteiger charge is 2.26. The maximum Gasteiger partial charge on any atom is 0.317 e. The molecular formula is C22H30N6O8S. The number of isothiocyanates is 1. The Morgan fingerprint density at radius 3 is 1.81 bits per heavy atom. The lowest BCUT2D eigenvalue weighted by Crippen LogP contribution is -2.52. The van der Waals surface area contributed by atoms with E-state index in [1.165, 1.54) is 14.7 Å². The molecule has 1 atom stereocenters. The van der Waals surface area contributed by atoms with Crippen LogP contribution in [0.3, 0.4) is 0 Å². The first kappa shape index (κ1) is 31.3. The van der Waals surface area contributed by atoms with Crippen LogP contribution in [0.2, 0.25) is 0 Å². The Balaban J connectivity index is 3.24. The zero-order chi connectivity index (χ0) is 28.0. The molecule has 0 saturated carbocycles. The zero-order valence-electron chi connectivity index (χ0n) is 20.0. The molecule has 0 fully saturated rings. The van der Waals surface area contributed by atoms with Gasteiger partial charge >= 0.3 is 17.9 Å². The smallest absolute Gasteiger partial charge is 0.317 e. The van der Waals surface area contributed by atoms with Crippen LogP contribution in [0.5, 0.6) is 0 Å². The summed E-state index contributed by atoms with van der Waals surface area (Å²) in [7, 11) is 0. The van der Waals surface area contributed by atoms with Crippen LogP contribution in [0.15, 0.2) is 29.3 Å². The molecule has 0 radical (unpaired) electrons. The molecule has 0 aliphatic carbocycles. The number of carbonyl (C=O) groups excluding carboxylic acids is 2. The molecule has 0 spiro atoms. The van der Waals surface area contributed by atoms with Crippen LogP contribution in [0.25, 0.3) is 0 Å². The standard InChI is InChI=1S/C22H30N6O8S/c23-18(29)9-27(12-21(33)34)6-5-26(11-20(31)32)8-17(28(10-19(24)30)13-22(35)36)7-15-1-3-16(4-2-15)25-14-37/h1-4,17H,5-13H2,(H2,23,29)(H2,24,30)(H,31,32)(H,33,34)(H,35,36). The summed E-state index contributed by atoms with van der Waals surface area (Å²) in [5, 5.41) is 30.2. The fourth-order valence-electron chi connectivity index (χ4n) is 3.66. The molecule has 1 aromatic rings. The Hall–Kier alpha value is -3.75. The summed E-state index contributed by atoms with van der Waals surface area (Å²) >= 11 is 4.58. The Morgan fingerprint density at radius 2 is 1.32 bits per heavy atom. The van der Waals surface area contributed by atoms with E-state index in [9.17, 15) is 34.2 Å². The Bertz CT molecular complexity index is 983. The minimum atomic E-state index is -1.21. The number of aliphatic imine (C=N–C) groups is 1. The summed E-state index contributed by atoms with van der Waals surface area (Å²) in [6.07, 6.45) is 0.221. The second-order valence-electron chi connectivity index (χ2n) is 8.19. The van der Waals surface area contributed by atoms with E-state index in [2.05, 4.69) is 22.4 Å². The van der Waals surface area contributed by atoms with Crippen molar-refractivity contribution in [1.29, 1.82) is 0 Å². The lowest BCUT2D eigenvalue weighted by Gasteiger charge is -2.34. The average Bonchev–Trinajstić information content (AvgIpc) is 2.76. The molecule has 1 rings (SSSR count). The van der Waals surface area contributed by atoms with Crippen molar-refractivity contribution >= 4 is 52.8 Å². The summed E-state index contributed by atoms with van der Waals surface area (Å²) < 4.78 is 0. The molecule has 0 aliphatic heterocycles. The fourth-order valence-corrected chi connectivity index (χ4v) is 3.77. The van der Waals surface area contributed by atoms with Crippen molar-refractivity contribution in [1.82, 2.24) is 14.7 Å². The zero-order valence-corrected chi connectivity index (χ0v) is 20.8. The number of carboxylic acids is 3. The number of carbonyl (C=O) groups is 5. The summed E-state index contributed by atoms with van der Waals surface area (Å²) in [4.78, 5) is 65.1. The number of carboxylic acid groups (broad SMARTS) is 3. The summed E-state index contributed by atoms with van der Waals surface area (Å²) in [5.41, 5.74) is 11.8. The lowest BCUT2D eigenvalue weighted by atomic mass is 10.0. The van der Waals surface area contributed by atoms with E-state index in [-0.39, 0.29) is 32.6 Å². The van der Waals surface area contributed by atoms with Crippen LogP contribution in [-0.4, -0.2) is 123 Å². The minimum Gasteiger partial charge on any atom is -0.480 e. The van der Waals surface area contributed by atoms with Gasteiger partial charge in [0.25, 0.3) is 0 Å². The van der Waals surface area contributed by atoms with Gasteiger partial charge in [0.2, 0.25) is 11.8 Å². The van der Waals surface area contributed by atoms with E-state index >= 15 is 0 Å². The van der Waals surface area contributed by atoms with Crippen molar-refractivity contribution in [3.05, 3.63) is 29.8 Å². The SMILES string of the molecule is NC(=O)CN(CCN(CC(=O)O)CC(Cc1ccc(N=C=S)cc1)N(CC(N)=O)CC(=O)O)CC(=O)O. The maximum absolute atomic E-state index is 11.7. The second kappa shape index (κ2) is 16.1. The molecule has 37 heavy (non-hydrogen) atoms. The average molecular weight is 539 g/mol. The first-order chi connectivity index (χ1) is 17.4. The third-order valence-electron chi connectivity index (χ3n) is 5.09. The van der Waals surface area contributed by atoms with Crippen molar-refractivity contribution in [3.63, 3.8) is 0 Å². The molecule has 7 N–H and O–H groups in total. The molecule has 0 aliphatic rings. The van der Waals surface area contributed by atoms with E-state index < -0.39 is 61.9 Å². The van der Waals surface area contributed by atoms with Gasteiger partial charge in [0.1, 0.15) is 0 Å². The van der Waals surface area contributed by atoms with Gasteiger partial charge in [0, 0.05) is 25.7 Å². The van der Waals surface area contributed by atoms with Gasteiger partial charge < -0.3 is 26.8 Å². The Kier molecular flexibility index (Phi) is 13.6. The molecule has 202 valence electrons.